The molecule has 0 aliphatic carbocycles. The van der Waals surface area contributed by atoms with Gasteiger partial charge >= 0.3 is 0 Å². The van der Waals surface area contributed by atoms with Gasteiger partial charge in [-0.1, -0.05) is 0 Å². The monoisotopic (exact) mass is 228 g/mol. The number of ether oxygens (including phenoxy) is 1. The predicted molar refractivity (Wildman–Crippen MR) is 63.3 cm³/mol. The molecule has 1 atom stereocenters. The van der Waals surface area contributed by atoms with Crippen LogP contribution in [0.5, 0.6) is 0 Å². The molecule has 86 valence electrons. The van der Waals surface area contributed by atoms with Gasteiger partial charge < -0.3 is 4.74 Å². The van der Waals surface area contributed by atoms with Gasteiger partial charge in [0.1, 0.15) is 5.78 Å². The normalized spacial score (nSPS) is 33.1. The molecule has 3 heteroatoms. The highest BCUT2D eigenvalue weighted by Crippen LogP contribution is 2.40. The largest absolute Gasteiger partial charge is 0.381 e. The Balaban J connectivity index is 1.85. The van der Waals surface area contributed by atoms with E-state index in [9.17, 15) is 4.79 Å². The van der Waals surface area contributed by atoms with Crippen molar-refractivity contribution < 1.29 is 9.53 Å². The van der Waals surface area contributed by atoms with Gasteiger partial charge in [-0.15, -0.1) is 11.8 Å². The Hall–Kier alpha value is -0.0200. The maximum atomic E-state index is 12.2. The van der Waals surface area contributed by atoms with Crippen LogP contribution in [0.4, 0.5) is 0 Å². The van der Waals surface area contributed by atoms with Crippen LogP contribution in [0.3, 0.4) is 0 Å². The fraction of sp³-hybridized carbons (Fsp3) is 0.917. The molecule has 0 N–H and O–H groups in total. The zero-order chi connectivity index (χ0) is 10.7. The van der Waals surface area contributed by atoms with E-state index in [4.69, 9.17) is 4.74 Å². The maximum Gasteiger partial charge on any atom is 0.148 e. The Morgan fingerprint density at radius 2 is 2.20 bits per heavy atom. The molecule has 2 rings (SSSR count). The summed E-state index contributed by atoms with van der Waals surface area (Å²) in [5.41, 5.74) is 0. The van der Waals surface area contributed by atoms with Crippen molar-refractivity contribution >= 4 is 17.5 Å². The summed E-state index contributed by atoms with van der Waals surface area (Å²) < 4.78 is 5.26. The standard InChI is InChI=1S/C12H20O2S/c1-12(5-2-8-15-12)11(13)9-10-3-6-14-7-4-10/h10H,2-9H2,1H3. The number of hydrogen-bond donors (Lipinski definition) is 0. The number of carbonyl (C=O) groups excluding carboxylic acids is 1. The minimum Gasteiger partial charge on any atom is -0.381 e. The number of Topliss-reactive ketones (excluding diaryl/α,β-unsaturated/α-hetero) is 1. The van der Waals surface area contributed by atoms with Crippen molar-refractivity contribution in [2.24, 2.45) is 5.92 Å². The SMILES string of the molecule is CC1(C(=O)CC2CCOCC2)CCCS1. The van der Waals surface area contributed by atoms with Gasteiger partial charge in [0, 0.05) is 19.6 Å². The molecule has 0 radical (unpaired) electrons. The van der Waals surface area contributed by atoms with E-state index in [-0.39, 0.29) is 4.75 Å². The van der Waals surface area contributed by atoms with Crippen molar-refractivity contribution in [3.05, 3.63) is 0 Å². The number of carbonyl (C=O) groups is 1. The first-order chi connectivity index (χ1) is 7.21. The van der Waals surface area contributed by atoms with Gasteiger partial charge in [-0.3, -0.25) is 4.79 Å². The average Bonchev–Trinajstić information content (AvgIpc) is 2.68. The van der Waals surface area contributed by atoms with Crippen LogP contribution < -0.4 is 0 Å². The first kappa shape index (κ1) is 11.5. The molecule has 2 aliphatic heterocycles. The van der Waals surface area contributed by atoms with Crippen LogP contribution in [-0.2, 0) is 9.53 Å². The lowest BCUT2D eigenvalue weighted by Gasteiger charge is -2.26. The lowest BCUT2D eigenvalue weighted by Crippen LogP contribution is -2.31. The molecule has 0 aromatic carbocycles. The zero-order valence-corrected chi connectivity index (χ0v) is 10.3. The molecule has 2 aliphatic rings. The summed E-state index contributed by atoms with van der Waals surface area (Å²) >= 11 is 1.86. The second-order valence-electron chi connectivity index (χ2n) is 4.87. The summed E-state index contributed by atoms with van der Waals surface area (Å²) in [7, 11) is 0. The third-order valence-electron chi connectivity index (χ3n) is 3.62. The molecule has 0 aromatic rings. The summed E-state index contributed by atoms with van der Waals surface area (Å²) in [4.78, 5) is 12.2. The minimum absolute atomic E-state index is 0.0572. The van der Waals surface area contributed by atoms with E-state index in [2.05, 4.69) is 6.92 Å². The molecular weight excluding hydrogens is 208 g/mol. The highest BCUT2D eigenvalue weighted by molar-refractivity contribution is 8.01. The van der Waals surface area contributed by atoms with E-state index in [0.29, 0.717) is 11.7 Å². The molecule has 2 saturated heterocycles. The van der Waals surface area contributed by atoms with Crippen molar-refractivity contribution in [2.45, 2.75) is 43.8 Å². The van der Waals surface area contributed by atoms with Crippen LogP contribution in [-0.4, -0.2) is 29.5 Å². The fourth-order valence-corrected chi connectivity index (χ4v) is 3.70. The van der Waals surface area contributed by atoms with Gasteiger partial charge in [-0.25, -0.2) is 0 Å². The molecule has 2 fully saturated rings. The quantitative estimate of drug-likeness (QED) is 0.743. The number of ketones is 1. The van der Waals surface area contributed by atoms with Crippen LogP contribution in [0, 0.1) is 5.92 Å². The zero-order valence-electron chi connectivity index (χ0n) is 9.46. The molecule has 0 bridgehead atoms. The van der Waals surface area contributed by atoms with Crippen molar-refractivity contribution in [3.63, 3.8) is 0 Å². The van der Waals surface area contributed by atoms with Crippen molar-refractivity contribution in [1.82, 2.24) is 0 Å². The lowest BCUT2D eigenvalue weighted by molar-refractivity contribution is -0.122. The first-order valence-corrected chi connectivity index (χ1v) is 6.94. The Morgan fingerprint density at radius 1 is 1.47 bits per heavy atom. The van der Waals surface area contributed by atoms with Crippen LogP contribution in [0.25, 0.3) is 0 Å². The smallest absolute Gasteiger partial charge is 0.148 e. The Kier molecular flexibility index (Phi) is 3.73. The molecule has 0 spiro atoms. The van der Waals surface area contributed by atoms with Gasteiger partial charge in [0.2, 0.25) is 0 Å². The second kappa shape index (κ2) is 4.88. The van der Waals surface area contributed by atoms with E-state index in [1.165, 1.54) is 6.42 Å². The van der Waals surface area contributed by atoms with Crippen molar-refractivity contribution in [3.8, 4) is 0 Å². The molecule has 1 unspecified atom stereocenters. The number of rotatable bonds is 3. The molecule has 2 nitrogen and oxygen atoms in total. The maximum absolute atomic E-state index is 12.2. The average molecular weight is 228 g/mol. The second-order valence-corrected chi connectivity index (χ2v) is 6.46. The van der Waals surface area contributed by atoms with E-state index in [1.807, 2.05) is 11.8 Å². The van der Waals surface area contributed by atoms with Crippen LogP contribution in [0.2, 0.25) is 0 Å². The van der Waals surface area contributed by atoms with Crippen molar-refractivity contribution in [2.75, 3.05) is 19.0 Å². The third-order valence-corrected chi connectivity index (χ3v) is 5.19. The minimum atomic E-state index is -0.0572. The summed E-state index contributed by atoms with van der Waals surface area (Å²) in [6.45, 7) is 3.83. The van der Waals surface area contributed by atoms with E-state index in [0.717, 1.165) is 44.6 Å². The molecular formula is C12H20O2S. The van der Waals surface area contributed by atoms with Crippen molar-refractivity contribution in [1.29, 1.82) is 0 Å². The van der Waals surface area contributed by atoms with Crippen LogP contribution in [0.15, 0.2) is 0 Å². The van der Waals surface area contributed by atoms with E-state index >= 15 is 0 Å². The fourth-order valence-electron chi connectivity index (χ4n) is 2.43. The first-order valence-electron chi connectivity index (χ1n) is 5.96. The summed E-state index contributed by atoms with van der Waals surface area (Å²) in [6.07, 6.45) is 5.23. The van der Waals surface area contributed by atoms with Crippen LogP contribution in [0.1, 0.15) is 39.0 Å². The van der Waals surface area contributed by atoms with Gasteiger partial charge in [-0.2, -0.15) is 0 Å². The highest BCUT2D eigenvalue weighted by atomic mass is 32.2. The molecule has 0 amide bonds. The number of thioether (sulfide) groups is 1. The molecule has 0 saturated carbocycles. The highest BCUT2D eigenvalue weighted by Gasteiger charge is 2.37. The lowest BCUT2D eigenvalue weighted by atomic mass is 9.88. The molecule has 0 aromatic heterocycles. The van der Waals surface area contributed by atoms with E-state index in [1.54, 1.807) is 0 Å². The Labute approximate surface area is 96.1 Å². The van der Waals surface area contributed by atoms with Gasteiger partial charge in [0.05, 0.1) is 4.75 Å². The third kappa shape index (κ3) is 2.76. The Morgan fingerprint density at radius 3 is 2.80 bits per heavy atom. The summed E-state index contributed by atoms with van der Waals surface area (Å²) in [5, 5.41) is 0. The predicted octanol–water partition coefficient (Wildman–Crippen LogP) is 2.66. The van der Waals surface area contributed by atoms with Gasteiger partial charge in [-0.05, 0) is 44.3 Å². The summed E-state index contributed by atoms with van der Waals surface area (Å²) in [5.74, 6) is 2.23. The molecule has 15 heavy (non-hydrogen) atoms. The van der Waals surface area contributed by atoms with E-state index < -0.39 is 0 Å². The Bertz CT molecular complexity index is 228. The summed E-state index contributed by atoms with van der Waals surface area (Å²) in [6, 6.07) is 0. The molecule has 2 heterocycles. The topological polar surface area (TPSA) is 26.3 Å². The van der Waals surface area contributed by atoms with Crippen LogP contribution >= 0.6 is 11.8 Å². The van der Waals surface area contributed by atoms with Gasteiger partial charge in [0.25, 0.3) is 0 Å². The van der Waals surface area contributed by atoms with Gasteiger partial charge in [0.15, 0.2) is 0 Å². The number of hydrogen-bond acceptors (Lipinski definition) is 3.